The van der Waals surface area contributed by atoms with Crippen molar-refractivity contribution in [3.05, 3.63) is 59.9 Å². The summed E-state index contributed by atoms with van der Waals surface area (Å²) in [6, 6.07) is 11.2. The lowest BCUT2D eigenvalue weighted by Gasteiger charge is -2.13. The number of amides is 1. The standard InChI is InChI=1S/C17H19N3O3S/c21-17(19-9-13-4-2-1-3-5-13)14-8-16(11-18-10-14)20-15-6-7-24(22,23)12-15/h1-5,8,10-11,15,20H,6-7,9,12H2,(H,19,21). The molecule has 24 heavy (non-hydrogen) atoms. The zero-order valence-electron chi connectivity index (χ0n) is 13.1. The molecule has 0 saturated carbocycles. The lowest BCUT2D eigenvalue weighted by molar-refractivity contribution is 0.0950. The van der Waals surface area contributed by atoms with Crippen molar-refractivity contribution in [1.82, 2.24) is 10.3 Å². The molecule has 0 radical (unpaired) electrons. The van der Waals surface area contributed by atoms with Gasteiger partial charge in [-0.15, -0.1) is 0 Å². The first kappa shape index (κ1) is 16.4. The topological polar surface area (TPSA) is 88.2 Å². The molecule has 1 saturated heterocycles. The number of carbonyl (C=O) groups is 1. The average molecular weight is 345 g/mol. The number of aromatic nitrogens is 1. The maximum absolute atomic E-state index is 12.2. The molecular formula is C17H19N3O3S. The number of sulfone groups is 1. The summed E-state index contributed by atoms with van der Waals surface area (Å²) in [7, 11) is -2.94. The van der Waals surface area contributed by atoms with Crippen LogP contribution in [0, 0.1) is 0 Å². The SMILES string of the molecule is O=C(NCc1ccccc1)c1cncc(NC2CCS(=O)(=O)C2)c1. The largest absolute Gasteiger partial charge is 0.380 e. The summed E-state index contributed by atoms with van der Waals surface area (Å²) in [4.78, 5) is 16.3. The number of benzene rings is 1. The number of anilines is 1. The Kier molecular flexibility index (Phi) is 4.80. The Morgan fingerprint density at radius 1 is 1.21 bits per heavy atom. The van der Waals surface area contributed by atoms with Gasteiger partial charge in [0.1, 0.15) is 0 Å². The number of hydrogen-bond donors (Lipinski definition) is 2. The van der Waals surface area contributed by atoms with Gasteiger partial charge in [0, 0.05) is 25.0 Å². The third-order valence-corrected chi connectivity index (χ3v) is 5.67. The summed E-state index contributed by atoms with van der Waals surface area (Å²) >= 11 is 0. The first-order valence-corrected chi connectivity index (χ1v) is 9.58. The zero-order chi connectivity index (χ0) is 17.0. The van der Waals surface area contributed by atoms with Crippen LogP contribution in [0.4, 0.5) is 5.69 Å². The summed E-state index contributed by atoms with van der Waals surface area (Å²) in [5.74, 6) is 0.112. The van der Waals surface area contributed by atoms with Crippen LogP contribution in [0.1, 0.15) is 22.3 Å². The lowest BCUT2D eigenvalue weighted by Crippen LogP contribution is -2.24. The van der Waals surface area contributed by atoms with Gasteiger partial charge in [0.15, 0.2) is 9.84 Å². The smallest absolute Gasteiger partial charge is 0.253 e. The molecule has 1 aliphatic rings. The van der Waals surface area contributed by atoms with Gasteiger partial charge in [-0.05, 0) is 18.1 Å². The fraction of sp³-hybridized carbons (Fsp3) is 0.294. The van der Waals surface area contributed by atoms with Crippen molar-refractivity contribution in [2.24, 2.45) is 0 Å². The molecule has 0 bridgehead atoms. The number of pyridine rings is 1. The summed E-state index contributed by atoms with van der Waals surface area (Å²) in [6.07, 6.45) is 3.67. The molecule has 6 nitrogen and oxygen atoms in total. The van der Waals surface area contributed by atoms with E-state index in [9.17, 15) is 13.2 Å². The van der Waals surface area contributed by atoms with Crippen molar-refractivity contribution in [3.63, 3.8) is 0 Å². The highest BCUT2D eigenvalue weighted by atomic mass is 32.2. The molecule has 7 heteroatoms. The van der Waals surface area contributed by atoms with Crippen molar-refractivity contribution < 1.29 is 13.2 Å². The summed E-state index contributed by atoms with van der Waals surface area (Å²) in [6.45, 7) is 0.443. The van der Waals surface area contributed by atoms with Gasteiger partial charge in [-0.2, -0.15) is 0 Å². The van der Waals surface area contributed by atoms with E-state index < -0.39 is 9.84 Å². The average Bonchev–Trinajstić information content (AvgIpc) is 2.92. The quantitative estimate of drug-likeness (QED) is 0.859. The van der Waals surface area contributed by atoms with E-state index in [4.69, 9.17) is 0 Å². The highest BCUT2D eigenvalue weighted by molar-refractivity contribution is 7.91. The van der Waals surface area contributed by atoms with Gasteiger partial charge in [0.25, 0.3) is 5.91 Å². The Labute approximate surface area is 141 Å². The van der Waals surface area contributed by atoms with Gasteiger partial charge in [0.2, 0.25) is 0 Å². The molecule has 1 aliphatic heterocycles. The van der Waals surface area contributed by atoms with Crippen LogP contribution < -0.4 is 10.6 Å². The van der Waals surface area contributed by atoms with Crippen LogP contribution in [0.5, 0.6) is 0 Å². The summed E-state index contributed by atoms with van der Waals surface area (Å²) < 4.78 is 23.0. The van der Waals surface area contributed by atoms with Crippen molar-refractivity contribution in [3.8, 4) is 0 Å². The van der Waals surface area contributed by atoms with Gasteiger partial charge < -0.3 is 10.6 Å². The highest BCUT2D eigenvalue weighted by Crippen LogP contribution is 2.17. The van der Waals surface area contributed by atoms with Gasteiger partial charge in [0.05, 0.1) is 22.8 Å². The van der Waals surface area contributed by atoms with Crippen molar-refractivity contribution in [2.45, 2.75) is 19.0 Å². The van der Waals surface area contributed by atoms with Crippen molar-refractivity contribution >= 4 is 21.4 Å². The van der Waals surface area contributed by atoms with Crippen LogP contribution in [0.2, 0.25) is 0 Å². The van der Waals surface area contributed by atoms with Gasteiger partial charge in [-0.1, -0.05) is 30.3 Å². The summed E-state index contributed by atoms with van der Waals surface area (Å²) in [5.41, 5.74) is 2.12. The Morgan fingerprint density at radius 3 is 2.71 bits per heavy atom. The van der Waals surface area contributed by atoms with Crippen LogP contribution in [0.3, 0.4) is 0 Å². The first-order valence-electron chi connectivity index (χ1n) is 7.76. The molecule has 0 aliphatic carbocycles. The van der Waals surface area contributed by atoms with Crippen LogP contribution >= 0.6 is 0 Å². The second-order valence-corrected chi connectivity index (χ2v) is 8.10. The van der Waals surface area contributed by atoms with Crippen LogP contribution in [0.15, 0.2) is 48.8 Å². The first-order chi connectivity index (χ1) is 11.5. The Bertz CT molecular complexity index is 822. The molecule has 2 aromatic rings. The molecule has 1 fully saturated rings. The minimum atomic E-state index is -2.94. The number of nitrogens with zero attached hydrogens (tertiary/aromatic N) is 1. The third-order valence-electron chi connectivity index (χ3n) is 3.90. The zero-order valence-corrected chi connectivity index (χ0v) is 13.9. The highest BCUT2D eigenvalue weighted by Gasteiger charge is 2.27. The maximum atomic E-state index is 12.2. The van der Waals surface area contributed by atoms with Crippen LogP contribution in [-0.2, 0) is 16.4 Å². The minimum absolute atomic E-state index is 0.122. The van der Waals surface area contributed by atoms with E-state index in [0.717, 1.165) is 5.56 Å². The Balaban J connectivity index is 1.61. The van der Waals surface area contributed by atoms with Crippen molar-refractivity contribution in [1.29, 1.82) is 0 Å². The number of hydrogen-bond acceptors (Lipinski definition) is 5. The Hall–Kier alpha value is -2.41. The molecule has 1 unspecified atom stereocenters. The molecule has 2 heterocycles. The molecule has 1 aromatic heterocycles. The van der Waals surface area contributed by atoms with E-state index in [2.05, 4.69) is 15.6 Å². The van der Waals surface area contributed by atoms with Gasteiger partial charge in [-0.25, -0.2) is 8.42 Å². The molecule has 1 amide bonds. The van der Waals surface area contributed by atoms with Crippen LogP contribution in [-0.4, -0.2) is 36.9 Å². The fourth-order valence-corrected chi connectivity index (χ4v) is 4.34. The Morgan fingerprint density at radius 2 is 2.00 bits per heavy atom. The van der Waals surface area contributed by atoms with Crippen molar-refractivity contribution in [2.75, 3.05) is 16.8 Å². The number of rotatable bonds is 5. The number of carbonyl (C=O) groups excluding carboxylic acids is 1. The maximum Gasteiger partial charge on any atom is 0.253 e. The molecule has 1 aromatic carbocycles. The van der Waals surface area contributed by atoms with Gasteiger partial charge >= 0.3 is 0 Å². The lowest BCUT2D eigenvalue weighted by atomic mass is 10.2. The molecular weight excluding hydrogens is 326 g/mol. The van der Waals surface area contributed by atoms with E-state index >= 15 is 0 Å². The fourth-order valence-electron chi connectivity index (χ4n) is 2.67. The normalized spacial score (nSPS) is 18.9. The second-order valence-electron chi connectivity index (χ2n) is 5.87. The van der Waals surface area contributed by atoms with E-state index in [1.165, 1.54) is 6.20 Å². The monoisotopic (exact) mass is 345 g/mol. The summed E-state index contributed by atoms with van der Waals surface area (Å²) in [5, 5.41) is 5.99. The predicted octanol–water partition coefficient (Wildman–Crippen LogP) is 1.61. The number of nitrogens with one attached hydrogen (secondary N) is 2. The molecule has 1 atom stereocenters. The molecule has 2 N–H and O–H groups in total. The molecule has 3 rings (SSSR count). The minimum Gasteiger partial charge on any atom is -0.380 e. The van der Waals surface area contributed by atoms with E-state index in [1.54, 1.807) is 12.3 Å². The second kappa shape index (κ2) is 7.00. The van der Waals surface area contributed by atoms with Gasteiger partial charge in [-0.3, -0.25) is 9.78 Å². The van der Waals surface area contributed by atoms with E-state index in [-0.39, 0.29) is 23.5 Å². The molecule has 126 valence electrons. The van der Waals surface area contributed by atoms with Crippen LogP contribution in [0.25, 0.3) is 0 Å². The van der Waals surface area contributed by atoms with E-state index in [0.29, 0.717) is 24.2 Å². The third kappa shape index (κ3) is 4.32. The van der Waals surface area contributed by atoms with E-state index in [1.807, 2.05) is 30.3 Å². The molecule has 0 spiro atoms. The predicted molar refractivity (Wildman–Crippen MR) is 92.5 cm³/mol.